The van der Waals surface area contributed by atoms with Gasteiger partial charge in [-0.2, -0.15) is 0 Å². The Hall–Kier alpha value is -1.92. The maximum atomic E-state index is 11.1. The average molecular weight is 320 g/mol. The quantitative estimate of drug-likeness (QED) is 0.827. The van der Waals surface area contributed by atoms with E-state index in [1.54, 1.807) is 12.1 Å². The molecule has 0 bridgehead atoms. The largest absolute Gasteiger partial charge is 0.480 e. The van der Waals surface area contributed by atoms with Gasteiger partial charge in [-0.15, -0.1) is 0 Å². The number of hydrogen-bond acceptors (Lipinski definition) is 4. The highest BCUT2D eigenvalue weighted by atomic mass is 16.7. The van der Waals surface area contributed by atoms with E-state index >= 15 is 0 Å². The molecule has 1 saturated carbocycles. The monoisotopic (exact) mass is 320 g/mol. The lowest BCUT2D eigenvalue weighted by Crippen LogP contribution is -2.34. The predicted molar refractivity (Wildman–Crippen MR) is 80.3 cm³/mol. The lowest BCUT2D eigenvalue weighted by Gasteiger charge is -2.35. The maximum absolute atomic E-state index is 11.1. The van der Waals surface area contributed by atoms with E-state index in [2.05, 4.69) is 0 Å². The summed E-state index contributed by atoms with van der Waals surface area (Å²) >= 11 is 0. The predicted octanol–water partition coefficient (Wildman–Crippen LogP) is 2.34. The number of ether oxygens (including phenoxy) is 2. The summed E-state index contributed by atoms with van der Waals surface area (Å²) in [6.07, 6.45) is 3.60. The van der Waals surface area contributed by atoms with Crippen LogP contribution in [0.3, 0.4) is 0 Å². The molecule has 1 aliphatic heterocycles. The molecule has 0 radical (unpaired) electrons. The zero-order valence-electron chi connectivity index (χ0n) is 12.7. The summed E-state index contributed by atoms with van der Waals surface area (Å²) in [5, 5.41) is 18.0. The van der Waals surface area contributed by atoms with Crippen molar-refractivity contribution in [2.45, 2.75) is 43.3 Å². The van der Waals surface area contributed by atoms with Crippen molar-refractivity contribution in [3.63, 3.8) is 0 Å². The number of rotatable bonds is 4. The third-order valence-electron chi connectivity index (χ3n) is 4.80. The van der Waals surface area contributed by atoms with Crippen molar-refractivity contribution in [3.8, 4) is 0 Å². The van der Waals surface area contributed by atoms with E-state index < -0.39 is 23.6 Å². The van der Waals surface area contributed by atoms with Crippen LogP contribution in [0.15, 0.2) is 24.3 Å². The van der Waals surface area contributed by atoms with Crippen molar-refractivity contribution >= 4 is 11.9 Å². The SMILES string of the molecule is O=C(O)C(C(=O)O)c1ccc(C2CCC3(CC2)OCCO3)cc1. The number of hydrogen-bond donors (Lipinski definition) is 2. The second kappa shape index (κ2) is 6.29. The molecule has 6 heteroatoms. The fraction of sp³-hybridized carbons (Fsp3) is 0.529. The Kier molecular flexibility index (Phi) is 4.37. The number of benzene rings is 1. The standard InChI is InChI=1S/C17H20O6/c18-15(19)14(16(20)21)13-3-1-11(2-4-13)12-5-7-17(8-6-12)22-9-10-23-17/h1-4,12,14H,5-10H2,(H,18,19)(H,20,21). The Morgan fingerprint density at radius 3 is 2.00 bits per heavy atom. The molecule has 1 aromatic carbocycles. The smallest absolute Gasteiger partial charge is 0.322 e. The van der Waals surface area contributed by atoms with E-state index in [1.165, 1.54) is 0 Å². The average Bonchev–Trinajstić information content (AvgIpc) is 2.96. The summed E-state index contributed by atoms with van der Waals surface area (Å²) in [6, 6.07) is 6.89. The first kappa shape index (κ1) is 16.0. The minimum Gasteiger partial charge on any atom is -0.480 e. The first-order valence-electron chi connectivity index (χ1n) is 7.84. The van der Waals surface area contributed by atoms with E-state index in [0.717, 1.165) is 31.2 Å². The Balaban J connectivity index is 1.68. The zero-order chi connectivity index (χ0) is 16.4. The fourth-order valence-corrected chi connectivity index (χ4v) is 3.53. The van der Waals surface area contributed by atoms with E-state index in [9.17, 15) is 9.59 Å². The molecule has 1 saturated heterocycles. The van der Waals surface area contributed by atoms with Gasteiger partial charge < -0.3 is 19.7 Å². The maximum Gasteiger partial charge on any atom is 0.322 e. The summed E-state index contributed by atoms with van der Waals surface area (Å²) in [4.78, 5) is 22.1. The summed E-state index contributed by atoms with van der Waals surface area (Å²) in [5.41, 5.74) is 1.40. The van der Waals surface area contributed by atoms with Crippen LogP contribution in [0.4, 0.5) is 0 Å². The highest BCUT2D eigenvalue weighted by Gasteiger charge is 2.40. The van der Waals surface area contributed by atoms with E-state index in [1.807, 2.05) is 12.1 Å². The molecular formula is C17H20O6. The molecule has 6 nitrogen and oxygen atoms in total. The molecule has 3 rings (SSSR count). The zero-order valence-corrected chi connectivity index (χ0v) is 12.7. The van der Waals surface area contributed by atoms with Crippen molar-refractivity contribution in [1.82, 2.24) is 0 Å². The molecule has 2 aliphatic rings. The van der Waals surface area contributed by atoms with Gasteiger partial charge in [0.2, 0.25) is 0 Å². The molecular weight excluding hydrogens is 300 g/mol. The van der Waals surface area contributed by atoms with Gasteiger partial charge >= 0.3 is 11.9 Å². The van der Waals surface area contributed by atoms with E-state index in [-0.39, 0.29) is 0 Å². The summed E-state index contributed by atoms with van der Waals surface area (Å²) < 4.78 is 11.4. The molecule has 0 unspecified atom stereocenters. The van der Waals surface area contributed by atoms with Crippen LogP contribution in [-0.4, -0.2) is 41.2 Å². The third-order valence-corrected chi connectivity index (χ3v) is 4.80. The molecule has 2 N–H and O–H groups in total. The molecule has 1 aliphatic carbocycles. The van der Waals surface area contributed by atoms with Gasteiger partial charge in [0, 0.05) is 12.8 Å². The molecule has 0 aromatic heterocycles. The fourth-order valence-electron chi connectivity index (χ4n) is 3.53. The summed E-state index contributed by atoms with van der Waals surface area (Å²) in [5.74, 6) is -4.23. The van der Waals surface area contributed by atoms with Gasteiger partial charge in [-0.3, -0.25) is 9.59 Å². The Morgan fingerprint density at radius 2 is 1.52 bits per heavy atom. The van der Waals surface area contributed by atoms with Gasteiger partial charge in [-0.05, 0) is 29.9 Å². The van der Waals surface area contributed by atoms with Gasteiger partial charge in [0.25, 0.3) is 0 Å². The van der Waals surface area contributed by atoms with Gasteiger partial charge in [0.1, 0.15) is 0 Å². The molecule has 1 heterocycles. The Bertz CT molecular complexity index is 564. The van der Waals surface area contributed by atoms with Crippen LogP contribution in [0.1, 0.15) is 48.6 Å². The van der Waals surface area contributed by atoms with Crippen molar-refractivity contribution in [2.24, 2.45) is 0 Å². The van der Waals surface area contributed by atoms with Crippen molar-refractivity contribution in [3.05, 3.63) is 35.4 Å². The van der Waals surface area contributed by atoms with Gasteiger partial charge in [-0.1, -0.05) is 24.3 Å². The van der Waals surface area contributed by atoms with Gasteiger partial charge in [-0.25, -0.2) is 0 Å². The molecule has 23 heavy (non-hydrogen) atoms. The molecule has 2 fully saturated rings. The van der Waals surface area contributed by atoms with Gasteiger partial charge in [0.15, 0.2) is 11.7 Å². The first-order valence-corrected chi connectivity index (χ1v) is 7.84. The molecule has 1 aromatic rings. The van der Waals surface area contributed by atoms with Crippen LogP contribution in [0.25, 0.3) is 0 Å². The Morgan fingerprint density at radius 1 is 1.00 bits per heavy atom. The van der Waals surface area contributed by atoms with Crippen LogP contribution in [0, 0.1) is 0 Å². The van der Waals surface area contributed by atoms with E-state index in [4.69, 9.17) is 19.7 Å². The molecule has 0 atom stereocenters. The summed E-state index contributed by atoms with van der Waals surface area (Å²) in [6.45, 7) is 1.32. The lowest BCUT2D eigenvalue weighted by atomic mass is 9.80. The second-order valence-corrected chi connectivity index (χ2v) is 6.16. The molecule has 124 valence electrons. The highest BCUT2D eigenvalue weighted by molar-refractivity contribution is 5.98. The van der Waals surface area contributed by atoms with E-state index in [0.29, 0.717) is 24.7 Å². The van der Waals surface area contributed by atoms with Crippen LogP contribution < -0.4 is 0 Å². The summed E-state index contributed by atoms with van der Waals surface area (Å²) in [7, 11) is 0. The van der Waals surface area contributed by atoms with Crippen molar-refractivity contribution in [2.75, 3.05) is 13.2 Å². The van der Waals surface area contributed by atoms with Gasteiger partial charge in [0.05, 0.1) is 13.2 Å². The minimum atomic E-state index is -1.51. The third kappa shape index (κ3) is 3.23. The number of carbonyl (C=O) groups is 2. The topological polar surface area (TPSA) is 93.1 Å². The van der Waals surface area contributed by atoms with Crippen LogP contribution in [0.5, 0.6) is 0 Å². The second-order valence-electron chi connectivity index (χ2n) is 6.16. The normalized spacial score (nSPS) is 20.9. The molecule has 1 spiro atoms. The first-order chi connectivity index (χ1) is 11.0. The number of carboxylic acids is 2. The number of aliphatic carboxylic acids is 2. The van der Waals surface area contributed by atoms with Crippen LogP contribution in [-0.2, 0) is 19.1 Å². The van der Waals surface area contributed by atoms with Crippen LogP contribution >= 0.6 is 0 Å². The number of carboxylic acid groups (broad SMARTS) is 2. The van der Waals surface area contributed by atoms with Crippen molar-refractivity contribution < 1.29 is 29.3 Å². The highest BCUT2D eigenvalue weighted by Crippen LogP contribution is 2.42. The Labute approximate surface area is 134 Å². The minimum absolute atomic E-state index is 0.295. The van der Waals surface area contributed by atoms with Crippen molar-refractivity contribution in [1.29, 1.82) is 0 Å². The lowest BCUT2D eigenvalue weighted by molar-refractivity contribution is -0.178. The van der Waals surface area contributed by atoms with Crippen LogP contribution in [0.2, 0.25) is 0 Å². The molecule has 0 amide bonds.